The first-order valence-electron chi connectivity index (χ1n) is 7.87. The number of terminal acetylenes is 1. The Balaban J connectivity index is 1.93. The number of benzene rings is 1. The lowest BCUT2D eigenvalue weighted by molar-refractivity contribution is 0.102. The molecule has 0 radical (unpaired) electrons. The first-order chi connectivity index (χ1) is 12.9. The number of carbonyl (C=O) groups is 1. The van der Waals surface area contributed by atoms with Gasteiger partial charge in [0.15, 0.2) is 5.54 Å². The number of anilines is 1. The molecule has 0 saturated heterocycles. The van der Waals surface area contributed by atoms with Crippen molar-refractivity contribution in [1.29, 1.82) is 5.26 Å². The van der Waals surface area contributed by atoms with E-state index in [1.54, 1.807) is 6.92 Å². The Hall–Kier alpha value is -3.91. The molecule has 0 bridgehead atoms. The highest BCUT2D eigenvalue weighted by molar-refractivity contribution is 6.02. The Morgan fingerprint density at radius 3 is 2.78 bits per heavy atom. The summed E-state index contributed by atoms with van der Waals surface area (Å²) in [5.74, 6) is 1.33. The summed E-state index contributed by atoms with van der Waals surface area (Å²) in [7, 11) is 0. The normalized spacial score (nSPS) is 20.7. The number of nitrogens with one attached hydrogen (secondary N) is 1. The fourth-order valence-electron chi connectivity index (χ4n) is 2.75. The maximum atomic E-state index is 14.5. The third kappa shape index (κ3) is 3.16. The molecular weight excluding hydrogens is 349 g/mol. The Morgan fingerprint density at radius 1 is 1.44 bits per heavy atom. The SMILES string of the molecule is C#CC1(c2cc(NC(=O)c3ccc(C#N)cn3)ccc2F)N=C(N)OC1C. The minimum absolute atomic E-state index is 0.0588. The number of amidine groups is 1. The van der Waals surface area contributed by atoms with Gasteiger partial charge in [0.25, 0.3) is 11.9 Å². The standard InChI is InChI=1S/C19H14FN5O2/c1-3-19(11(2)27-18(22)25-19)14-8-13(5-6-15(14)20)24-17(26)16-7-4-12(9-21)10-23-16/h1,4-8,10-11H,2H3,(H2,22,25)(H,24,26). The number of hydrogen-bond donors (Lipinski definition) is 2. The summed E-state index contributed by atoms with van der Waals surface area (Å²) in [5, 5.41) is 11.4. The van der Waals surface area contributed by atoms with Crippen LogP contribution < -0.4 is 11.1 Å². The summed E-state index contributed by atoms with van der Waals surface area (Å²) in [6, 6.07) is 8.62. The van der Waals surface area contributed by atoms with Crippen molar-refractivity contribution in [2.75, 3.05) is 5.32 Å². The van der Waals surface area contributed by atoms with Crippen LogP contribution in [0.15, 0.2) is 41.5 Å². The second-order valence-electron chi connectivity index (χ2n) is 5.81. The molecule has 0 aliphatic carbocycles. The van der Waals surface area contributed by atoms with Crippen LogP contribution in [0.4, 0.5) is 10.1 Å². The van der Waals surface area contributed by atoms with Crippen molar-refractivity contribution in [3.8, 4) is 18.4 Å². The Bertz CT molecular complexity index is 1020. The van der Waals surface area contributed by atoms with Gasteiger partial charge in [0.05, 0.1) is 5.56 Å². The molecule has 2 heterocycles. The largest absolute Gasteiger partial charge is 0.458 e. The van der Waals surface area contributed by atoms with E-state index in [0.29, 0.717) is 11.3 Å². The summed E-state index contributed by atoms with van der Waals surface area (Å²) in [6.07, 6.45) is 6.22. The van der Waals surface area contributed by atoms with Crippen LogP contribution >= 0.6 is 0 Å². The molecule has 1 aromatic heterocycles. The number of ether oxygens (including phenoxy) is 1. The van der Waals surface area contributed by atoms with Gasteiger partial charge < -0.3 is 15.8 Å². The average Bonchev–Trinajstić information content (AvgIpc) is 2.97. The van der Waals surface area contributed by atoms with Gasteiger partial charge in [0, 0.05) is 17.4 Å². The monoisotopic (exact) mass is 363 g/mol. The van der Waals surface area contributed by atoms with Crippen molar-refractivity contribution in [2.24, 2.45) is 10.7 Å². The van der Waals surface area contributed by atoms with Crippen LogP contribution in [0.25, 0.3) is 0 Å². The number of rotatable bonds is 3. The zero-order valence-corrected chi connectivity index (χ0v) is 14.2. The van der Waals surface area contributed by atoms with Gasteiger partial charge in [-0.1, -0.05) is 5.92 Å². The first kappa shape index (κ1) is 17.9. The fraction of sp³-hybridized carbons (Fsp3) is 0.158. The van der Waals surface area contributed by atoms with E-state index in [9.17, 15) is 9.18 Å². The lowest BCUT2D eigenvalue weighted by atomic mass is 9.86. The molecule has 7 nitrogen and oxygen atoms in total. The van der Waals surface area contributed by atoms with Crippen LogP contribution in [0.2, 0.25) is 0 Å². The number of amides is 1. The molecule has 1 amide bonds. The van der Waals surface area contributed by atoms with E-state index in [1.165, 1.54) is 36.5 Å². The van der Waals surface area contributed by atoms with Gasteiger partial charge in [-0.3, -0.25) is 4.79 Å². The molecular formula is C19H14FN5O2. The van der Waals surface area contributed by atoms with E-state index in [1.807, 2.05) is 6.07 Å². The number of pyridine rings is 1. The van der Waals surface area contributed by atoms with Crippen molar-refractivity contribution >= 4 is 17.6 Å². The number of hydrogen-bond acceptors (Lipinski definition) is 6. The van der Waals surface area contributed by atoms with Crippen LogP contribution in [0.3, 0.4) is 0 Å². The van der Waals surface area contributed by atoms with E-state index in [-0.39, 0.29) is 17.3 Å². The van der Waals surface area contributed by atoms with Gasteiger partial charge in [-0.15, -0.1) is 6.42 Å². The minimum Gasteiger partial charge on any atom is -0.458 e. The molecule has 8 heteroatoms. The zero-order chi connectivity index (χ0) is 19.6. The molecule has 3 N–H and O–H groups in total. The van der Waals surface area contributed by atoms with Gasteiger partial charge >= 0.3 is 0 Å². The number of halogens is 1. The molecule has 0 saturated carbocycles. The van der Waals surface area contributed by atoms with Crippen LogP contribution in [0.5, 0.6) is 0 Å². The van der Waals surface area contributed by atoms with Crippen molar-refractivity contribution in [2.45, 2.75) is 18.6 Å². The molecule has 2 unspecified atom stereocenters. The van der Waals surface area contributed by atoms with Gasteiger partial charge in [-0.05, 0) is 37.3 Å². The van der Waals surface area contributed by atoms with Gasteiger partial charge in [0.1, 0.15) is 23.7 Å². The second kappa shape index (κ2) is 6.77. The van der Waals surface area contributed by atoms with Gasteiger partial charge in [-0.2, -0.15) is 5.26 Å². The molecule has 3 rings (SSSR count). The molecule has 27 heavy (non-hydrogen) atoms. The first-order valence-corrected chi connectivity index (χ1v) is 7.87. The summed E-state index contributed by atoms with van der Waals surface area (Å²) < 4.78 is 19.8. The molecule has 2 aromatic rings. The van der Waals surface area contributed by atoms with Crippen LogP contribution in [-0.4, -0.2) is 23.0 Å². The van der Waals surface area contributed by atoms with Crippen molar-refractivity contribution in [3.63, 3.8) is 0 Å². The van der Waals surface area contributed by atoms with E-state index in [0.717, 1.165) is 0 Å². The van der Waals surface area contributed by atoms with Crippen LogP contribution in [-0.2, 0) is 10.3 Å². The predicted molar refractivity (Wildman–Crippen MR) is 96.0 cm³/mol. The molecule has 1 aromatic carbocycles. The van der Waals surface area contributed by atoms with Crippen molar-refractivity contribution < 1.29 is 13.9 Å². The Morgan fingerprint density at radius 2 is 2.22 bits per heavy atom. The van der Waals surface area contributed by atoms with E-state index >= 15 is 0 Å². The number of nitrogens with two attached hydrogens (primary N) is 1. The van der Waals surface area contributed by atoms with Crippen LogP contribution in [0, 0.1) is 29.5 Å². The number of nitriles is 1. The number of aromatic nitrogens is 1. The smallest absolute Gasteiger partial charge is 0.284 e. The molecule has 0 spiro atoms. The lowest BCUT2D eigenvalue weighted by Gasteiger charge is -2.24. The highest BCUT2D eigenvalue weighted by Crippen LogP contribution is 2.37. The van der Waals surface area contributed by atoms with E-state index in [4.69, 9.17) is 22.2 Å². The van der Waals surface area contributed by atoms with Crippen molar-refractivity contribution in [3.05, 3.63) is 59.2 Å². The summed E-state index contributed by atoms with van der Waals surface area (Å²) in [5.41, 5.74) is 4.95. The van der Waals surface area contributed by atoms with Crippen molar-refractivity contribution in [1.82, 2.24) is 4.98 Å². The maximum absolute atomic E-state index is 14.5. The third-order valence-electron chi connectivity index (χ3n) is 4.15. The van der Waals surface area contributed by atoms with Gasteiger partial charge in [-0.25, -0.2) is 14.4 Å². The quantitative estimate of drug-likeness (QED) is 0.809. The number of aliphatic imine (C=N–C) groups is 1. The Labute approximate surface area is 154 Å². The Kier molecular flexibility index (Phi) is 4.49. The molecule has 0 fully saturated rings. The highest BCUT2D eigenvalue weighted by Gasteiger charge is 2.45. The zero-order valence-electron chi connectivity index (χ0n) is 14.2. The average molecular weight is 363 g/mol. The van der Waals surface area contributed by atoms with E-state index in [2.05, 4.69) is 21.2 Å². The highest BCUT2D eigenvalue weighted by atomic mass is 19.1. The summed E-state index contributed by atoms with van der Waals surface area (Å²) in [6.45, 7) is 1.63. The lowest BCUT2D eigenvalue weighted by Crippen LogP contribution is -2.33. The molecule has 2 atom stereocenters. The fourth-order valence-corrected chi connectivity index (χ4v) is 2.75. The van der Waals surface area contributed by atoms with Gasteiger partial charge in [0.2, 0.25) is 0 Å². The predicted octanol–water partition coefficient (Wildman–Crippen LogP) is 1.91. The summed E-state index contributed by atoms with van der Waals surface area (Å²) >= 11 is 0. The summed E-state index contributed by atoms with van der Waals surface area (Å²) in [4.78, 5) is 20.3. The molecule has 1 aliphatic rings. The topological polar surface area (TPSA) is 113 Å². The molecule has 134 valence electrons. The van der Waals surface area contributed by atoms with Crippen LogP contribution in [0.1, 0.15) is 28.5 Å². The number of carbonyl (C=O) groups excluding carboxylic acids is 1. The number of nitrogens with zero attached hydrogens (tertiary/aromatic N) is 3. The minimum atomic E-state index is -1.43. The maximum Gasteiger partial charge on any atom is 0.284 e. The third-order valence-corrected chi connectivity index (χ3v) is 4.15. The second-order valence-corrected chi connectivity index (χ2v) is 5.81. The van der Waals surface area contributed by atoms with E-state index < -0.39 is 23.4 Å². The molecule has 1 aliphatic heterocycles.